The number of hydrogen-bond acceptors (Lipinski definition) is 6. The third-order valence-electron chi connectivity index (χ3n) is 2.74. The number of aryl methyl sites for hydroxylation is 1. The summed E-state index contributed by atoms with van der Waals surface area (Å²) < 4.78 is 42.2. The molecule has 0 radical (unpaired) electrons. The van der Waals surface area contributed by atoms with E-state index >= 15 is 0 Å². The zero-order valence-electron chi connectivity index (χ0n) is 11.6. The second-order valence-corrected chi connectivity index (χ2v) is 6.57. The van der Waals surface area contributed by atoms with Gasteiger partial charge in [-0.15, -0.1) is 0 Å². The van der Waals surface area contributed by atoms with E-state index in [1.54, 1.807) is 19.2 Å². The van der Waals surface area contributed by atoms with Gasteiger partial charge in [0.05, 0.1) is 12.8 Å². The lowest BCUT2D eigenvalue weighted by molar-refractivity contribution is 0.393. The largest absolute Gasteiger partial charge is 0.299 e. The minimum atomic E-state index is -4.11. The van der Waals surface area contributed by atoms with E-state index in [1.807, 2.05) is 0 Å². The third-order valence-corrected chi connectivity index (χ3v) is 4.58. The molecule has 0 atom stereocenters. The SMILES string of the molecule is COS(=O)(=O)c1cccc(-c2cc(C)nc(SC)n2)c1F. The Hall–Kier alpha value is -1.51. The molecule has 0 aliphatic carbocycles. The summed E-state index contributed by atoms with van der Waals surface area (Å²) in [6.07, 6.45) is 1.81. The number of thioether (sulfide) groups is 1. The predicted octanol–water partition coefficient (Wildman–Crippen LogP) is 2.65. The van der Waals surface area contributed by atoms with Crippen molar-refractivity contribution in [2.75, 3.05) is 13.4 Å². The highest BCUT2D eigenvalue weighted by Gasteiger charge is 2.22. The Morgan fingerprint density at radius 1 is 1.29 bits per heavy atom. The van der Waals surface area contributed by atoms with Gasteiger partial charge in [0.2, 0.25) is 0 Å². The van der Waals surface area contributed by atoms with E-state index in [1.165, 1.54) is 23.9 Å². The first kappa shape index (κ1) is 15.9. The monoisotopic (exact) mass is 328 g/mol. The van der Waals surface area contributed by atoms with Gasteiger partial charge in [-0.1, -0.05) is 17.8 Å². The van der Waals surface area contributed by atoms with E-state index in [9.17, 15) is 12.8 Å². The lowest BCUT2D eigenvalue weighted by Gasteiger charge is -2.09. The van der Waals surface area contributed by atoms with Crippen molar-refractivity contribution >= 4 is 21.9 Å². The molecule has 0 saturated heterocycles. The van der Waals surface area contributed by atoms with Crippen LogP contribution in [-0.2, 0) is 14.3 Å². The molecule has 0 amide bonds. The summed E-state index contributed by atoms with van der Waals surface area (Å²) in [6, 6.07) is 5.67. The van der Waals surface area contributed by atoms with Gasteiger partial charge in [0, 0.05) is 11.3 Å². The molecule has 1 aromatic heterocycles. The fourth-order valence-corrected chi connectivity index (χ4v) is 2.94. The maximum absolute atomic E-state index is 14.5. The van der Waals surface area contributed by atoms with Crippen molar-refractivity contribution in [3.05, 3.63) is 35.8 Å². The zero-order chi connectivity index (χ0) is 15.6. The quantitative estimate of drug-likeness (QED) is 0.488. The summed E-state index contributed by atoms with van der Waals surface area (Å²) in [5.74, 6) is -0.885. The van der Waals surface area contributed by atoms with Gasteiger partial charge < -0.3 is 0 Å². The molecule has 0 N–H and O–H groups in total. The predicted molar refractivity (Wildman–Crippen MR) is 78.1 cm³/mol. The summed E-state index contributed by atoms with van der Waals surface area (Å²) in [5.41, 5.74) is 1.09. The molecule has 2 rings (SSSR count). The van der Waals surface area contributed by atoms with Crippen LogP contribution in [0.1, 0.15) is 5.69 Å². The number of rotatable bonds is 4. The molecule has 21 heavy (non-hydrogen) atoms. The Morgan fingerprint density at radius 3 is 2.62 bits per heavy atom. The molecule has 1 aromatic carbocycles. The van der Waals surface area contributed by atoms with E-state index < -0.39 is 20.8 Å². The van der Waals surface area contributed by atoms with Crippen LogP contribution >= 0.6 is 11.8 Å². The summed E-state index contributed by atoms with van der Waals surface area (Å²) >= 11 is 1.32. The number of nitrogens with zero attached hydrogens (tertiary/aromatic N) is 2. The first-order valence-electron chi connectivity index (χ1n) is 5.88. The highest BCUT2D eigenvalue weighted by molar-refractivity contribution is 7.98. The first-order valence-corrected chi connectivity index (χ1v) is 8.51. The summed E-state index contributed by atoms with van der Waals surface area (Å²) in [6.45, 7) is 1.76. The molecule has 0 fully saturated rings. The van der Waals surface area contributed by atoms with Gasteiger partial charge in [-0.25, -0.2) is 14.4 Å². The maximum Gasteiger partial charge on any atom is 0.299 e. The van der Waals surface area contributed by atoms with Gasteiger partial charge in [0.1, 0.15) is 4.90 Å². The molecule has 0 bridgehead atoms. The molecular formula is C13H13FN2O3S2. The summed E-state index contributed by atoms with van der Waals surface area (Å²) in [7, 11) is -3.12. The highest BCUT2D eigenvalue weighted by atomic mass is 32.2. The smallest absolute Gasteiger partial charge is 0.270 e. The van der Waals surface area contributed by atoms with E-state index in [0.29, 0.717) is 16.5 Å². The molecule has 0 saturated carbocycles. The third kappa shape index (κ3) is 3.22. The van der Waals surface area contributed by atoms with Gasteiger partial charge in [0.15, 0.2) is 11.0 Å². The number of benzene rings is 1. The Labute approximate surface area is 126 Å². The van der Waals surface area contributed by atoms with Crippen molar-refractivity contribution in [2.24, 2.45) is 0 Å². The van der Waals surface area contributed by atoms with E-state index in [2.05, 4.69) is 14.2 Å². The van der Waals surface area contributed by atoms with Crippen molar-refractivity contribution in [2.45, 2.75) is 17.0 Å². The second kappa shape index (κ2) is 6.08. The van der Waals surface area contributed by atoms with Gasteiger partial charge in [0.25, 0.3) is 10.1 Å². The minimum Gasteiger partial charge on any atom is -0.270 e. The molecule has 2 aromatic rings. The summed E-state index contributed by atoms with van der Waals surface area (Å²) in [5, 5.41) is 0.490. The fourth-order valence-electron chi connectivity index (χ4n) is 1.76. The van der Waals surface area contributed by atoms with E-state index in [0.717, 1.165) is 13.2 Å². The van der Waals surface area contributed by atoms with Crippen LogP contribution in [0.3, 0.4) is 0 Å². The Balaban J connectivity index is 2.66. The maximum atomic E-state index is 14.5. The van der Waals surface area contributed by atoms with Crippen molar-refractivity contribution < 1.29 is 17.0 Å². The van der Waals surface area contributed by atoms with Crippen LogP contribution in [-0.4, -0.2) is 31.8 Å². The molecule has 0 spiro atoms. The van der Waals surface area contributed by atoms with Crippen molar-refractivity contribution in [3.63, 3.8) is 0 Å². The molecule has 0 unspecified atom stereocenters. The molecule has 1 heterocycles. The number of hydrogen-bond donors (Lipinski definition) is 0. The van der Waals surface area contributed by atoms with E-state index in [-0.39, 0.29) is 5.56 Å². The van der Waals surface area contributed by atoms with Crippen LogP contribution < -0.4 is 0 Å². The van der Waals surface area contributed by atoms with Crippen LogP contribution in [0.5, 0.6) is 0 Å². The normalized spacial score (nSPS) is 11.6. The van der Waals surface area contributed by atoms with Crippen LogP contribution in [0, 0.1) is 12.7 Å². The summed E-state index contributed by atoms with van der Waals surface area (Å²) in [4.78, 5) is 7.88. The Kier molecular flexibility index (Phi) is 4.60. The second-order valence-electron chi connectivity index (χ2n) is 4.12. The lowest BCUT2D eigenvalue weighted by atomic mass is 10.1. The van der Waals surface area contributed by atoms with Crippen LogP contribution in [0.15, 0.2) is 34.3 Å². The van der Waals surface area contributed by atoms with Crippen LogP contribution in [0.25, 0.3) is 11.3 Å². The number of aromatic nitrogens is 2. The standard InChI is InChI=1S/C13H13FN2O3S2/c1-8-7-10(16-13(15-8)20-3)9-5-4-6-11(12(9)14)21(17,18)19-2/h4-7H,1-3H3. The van der Waals surface area contributed by atoms with Gasteiger partial charge in [-0.3, -0.25) is 4.18 Å². The topological polar surface area (TPSA) is 69.2 Å². The van der Waals surface area contributed by atoms with Crippen molar-refractivity contribution in [1.82, 2.24) is 9.97 Å². The highest BCUT2D eigenvalue weighted by Crippen LogP contribution is 2.28. The first-order chi connectivity index (χ1) is 9.89. The average Bonchev–Trinajstić information content (AvgIpc) is 2.46. The Bertz CT molecular complexity index is 779. The molecule has 112 valence electrons. The zero-order valence-corrected chi connectivity index (χ0v) is 13.3. The molecule has 5 nitrogen and oxygen atoms in total. The fraction of sp³-hybridized carbons (Fsp3) is 0.231. The van der Waals surface area contributed by atoms with Crippen LogP contribution in [0.2, 0.25) is 0 Å². The van der Waals surface area contributed by atoms with Crippen LogP contribution in [0.4, 0.5) is 4.39 Å². The molecule has 0 aliphatic heterocycles. The van der Waals surface area contributed by atoms with Crippen molar-refractivity contribution in [3.8, 4) is 11.3 Å². The van der Waals surface area contributed by atoms with Gasteiger partial charge >= 0.3 is 0 Å². The molecule has 0 aliphatic rings. The lowest BCUT2D eigenvalue weighted by Crippen LogP contribution is -2.07. The average molecular weight is 328 g/mol. The van der Waals surface area contributed by atoms with E-state index in [4.69, 9.17) is 0 Å². The minimum absolute atomic E-state index is 0.0916. The van der Waals surface area contributed by atoms with Gasteiger partial charge in [-0.05, 0) is 31.4 Å². The van der Waals surface area contributed by atoms with Crippen molar-refractivity contribution in [1.29, 1.82) is 0 Å². The Morgan fingerprint density at radius 2 is 2.00 bits per heavy atom. The van der Waals surface area contributed by atoms with Gasteiger partial charge in [-0.2, -0.15) is 8.42 Å². The number of halogens is 1. The molecular weight excluding hydrogens is 315 g/mol. The molecule has 8 heteroatoms.